The number of aromatic nitrogens is 2. The smallest absolute Gasteiger partial charge is 0.307 e. The molecule has 5 rings (SSSR count). The number of amides is 2. The highest BCUT2D eigenvalue weighted by atomic mass is 32.1. The number of halogens is 3. The number of anilines is 2. The maximum atomic E-state index is 13.9. The summed E-state index contributed by atoms with van der Waals surface area (Å²) in [5.74, 6) is 5.29. The molecule has 1 saturated carbocycles. The van der Waals surface area contributed by atoms with Gasteiger partial charge >= 0.3 is 6.18 Å². The number of rotatable bonds is 6. The fraction of sp³-hybridized carbons (Fsp3) is 0.379. The van der Waals surface area contributed by atoms with Gasteiger partial charge < -0.3 is 15.5 Å². The van der Waals surface area contributed by atoms with Crippen molar-refractivity contribution in [2.24, 2.45) is 5.92 Å². The van der Waals surface area contributed by atoms with E-state index in [4.69, 9.17) is 0 Å². The number of likely N-dealkylation sites (N-methyl/N-ethyl adjacent to an activating group) is 1. The molecule has 2 aromatic heterocycles. The first kappa shape index (κ1) is 28.7. The molecule has 12 heteroatoms. The highest BCUT2D eigenvalue weighted by Crippen LogP contribution is 2.34. The maximum absolute atomic E-state index is 13.9. The van der Waals surface area contributed by atoms with Gasteiger partial charge in [0.2, 0.25) is 5.91 Å². The summed E-state index contributed by atoms with van der Waals surface area (Å²) in [6, 6.07) is 5.78. The quantitative estimate of drug-likeness (QED) is 0.413. The lowest BCUT2D eigenvalue weighted by Gasteiger charge is -2.32. The molecule has 0 bridgehead atoms. The van der Waals surface area contributed by atoms with Crippen LogP contribution >= 0.6 is 11.3 Å². The van der Waals surface area contributed by atoms with E-state index in [1.165, 1.54) is 17.5 Å². The number of carbonyl (C=O) groups excluding carboxylic acids is 2. The van der Waals surface area contributed by atoms with E-state index < -0.39 is 17.6 Å². The van der Waals surface area contributed by atoms with Crippen LogP contribution in [0.5, 0.6) is 0 Å². The predicted molar refractivity (Wildman–Crippen MR) is 151 cm³/mol. The third kappa shape index (κ3) is 7.49. The molecule has 0 unspecified atom stereocenters. The Morgan fingerprint density at radius 1 is 1.05 bits per heavy atom. The highest BCUT2D eigenvalue weighted by Gasteiger charge is 2.35. The highest BCUT2D eigenvalue weighted by molar-refractivity contribution is 7.16. The normalized spacial score (nSPS) is 16.1. The molecule has 1 aliphatic carbocycles. The Morgan fingerprint density at radius 2 is 1.80 bits per heavy atom. The molecule has 8 nitrogen and oxygen atoms in total. The van der Waals surface area contributed by atoms with Gasteiger partial charge in [-0.15, -0.1) is 0 Å². The topological polar surface area (TPSA) is 90.5 Å². The second-order valence-corrected chi connectivity index (χ2v) is 11.4. The van der Waals surface area contributed by atoms with Crippen molar-refractivity contribution in [1.29, 1.82) is 0 Å². The second-order valence-electron chi connectivity index (χ2n) is 10.3. The monoisotopic (exact) mass is 582 g/mol. The van der Waals surface area contributed by atoms with Crippen molar-refractivity contribution in [2.45, 2.75) is 32.5 Å². The van der Waals surface area contributed by atoms with Crippen molar-refractivity contribution in [3.05, 3.63) is 69.4 Å². The molecule has 41 heavy (non-hydrogen) atoms. The summed E-state index contributed by atoms with van der Waals surface area (Å²) < 4.78 is 41.8. The third-order valence-electron chi connectivity index (χ3n) is 7.03. The lowest BCUT2D eigenvalue weighted by atomic mass is 10.0. The lowest BCUT2D eigenvalue weighted by Crippen LogP contribution is -2.44. The molecule has 2 aliphatic rings. The summed E-state index contributed by atoms with van der Waals surface area (Å²) in [5.41, 5.74) is 0.909. The number of hydrogen-bond acceptors (Lipinski definition) is 7. The molecular formula is C29H29F3N6O2S. The van der Waals surface area contributed by atoms with Crippen LogP contribution in [-0.4, -0.2) is 64.8 Å². The summed E-state index contributed by atoms with van der Waals surface area (Å²) in [6.45, 7) is 4.90. The molecule has 0 atom stereocenters. The van der Waals surface area contributed by atoms with Crippen molar-refractivity contribution in [3.8, 4) is 11.8 Å². The van der Waals surface area contributed by atoms with Crippen LogP contribution in [0.2, 0.25) is 0 Å². The Bertz CT molecular complexity index is 1510. The van der Waals surface area contributed by atoms with Gasteiger partial charge in [0.25, 0.3) is 5.91 Å². The number of benzene rings is 1. The van der Waals surface area contributed by atoms with Crippen LogP contribution in [0.3, 0.4) is 0 Å². The van der Waals surface area contributed by atoms with Gasteiger partial charge in [-0.25, -0.2) is 9.97 Å². The van der Waals surface area contributed by atoms with Gasteiger partial charge in [0, 0.05) is 56.0 Å². The Hall–Kier alpha value is -3.79. The molecule has 0 spiro atoms. The zero-order valence-electron chi connectivity index (χ0n) is 22.6. The average molecular weight is 583 g/mol. The zero-order chi connectivity index (χ0) is 29.1. The standard InChI is InChI=1S/C29H29F3N6O2S/c1-18-3-4-21(13-20(18)7-8-23-16-34-28(41-23)36-26(39)19-5-6-19)27(40)35-25-14-24(29(30,31)32)22(15-33-25)17-38-11-9-37(2)10-12-38/h3-4,13-16,19H,5-6,9-12,17H2,1-2H3,(H,33,35,40)(H,34,36,39). The SMILES string of the molecule is Cc1ccc(C(=O)Nc2cc(C(F)(F)F)c(CN3CCN(C)CC3)cn2)cc1C#Cc1cnc(NC(=O)C2CC2)s1. The van der Waals surface area contributed by atoms with E-state index in [1.54, 1.807) is 24.4 Å². The molecule has 1 aliphatic heterocycles. The maximum Gasteiger partial charge on any atom is 0.416 e. The van der Waals surface area contributed by atoms with Crippen LogP contribution in [0.15, 0.2) is 36.7 Å². The van der Waals surface area contributed by atoms with E-state index in [1.807, 2.05) is 18.9 Å². The molecule has 3 aromatic rings. The molecule has 3 heterocycles. The minimum absolute atomic E-state index is 0.0325. The van der Waals surface area contributed by atoms with Crippen LogP contribution in [-0.2, 0) is 17.5 Å². The Kier molecular flexibility index (Phi) is 8.40. The van der Waals surface area contributed by atoms with Crippen LogP contribution < -0.4 is 10.6 Å². The number of piperazine rings is 1. The van der Waals surface area contributed by atoms with E-state index >= 15 is 0 Å². The molecule has 2 fully saturated rings. The third-order valence-corrected chi connectivity index (χ3v) is 7.86. The number of alkyl halides is 3. The number of pyridine rings is 1. The van der Waals surface area contributed by atoms with Crippen LogP contribution in [0.4, 0.5) is 24.1 Å². The number of nitrogens with zero attached hydrogens (tertiary/aromatic N) is 4. The van der Waals surface area contributed by atoms with Gasteiger partial charge in [-0.3, -0.25) is 14.5 Å². The fourth-order valence-corrected chi connectivity index (χ4v) is 5.02. The minimum Gasteiger partial charge on any atom is -0.307 e. The summed E-state index contributed by atoms with van der Waals surface area (Å²) in [5, 5.41) is 5.77. The largest absolute Gasteiger partial charge is 0.416 e. The number of hydrogen-bond donors (Lipinski definition) is 2. The molecular weight excluding hydrogens is 553 g/mol. The van der Waals surface area contributed by atoms with E-state index in [9.17, 15) is 22.8 Å². The first-order valence-corrected chi connectivity index (χ1v) is 14.0. The van der Waals surface area contributed by atoms with Gasteiger partial charge in [-0.1, -0.05) is 23.3 Å². The molecule has 2 amide bonds. The minimum atomic E-state index is -4.59. The summed E-state index contributed by atoms with van der Waals surface area (Å²) >= 11 is 1.26. The molecule has 2 N–H and O–H groups in total. The van der Waals surface area contributed by atoms with E-state index in [0.29, 0.717) is 28.7 Å². The van der Waals surface area contributed by atoms with Crippen molar-refractivity contribution in [1.82, 2.24) is 19.8 Å². The summed E-state index contributed by atoms with van der Waals surface area (Å²) in [4.78, 5) is 38.0. The van der Waals surface area contributed by atoms with Crippen molar-refractivity contribution < 1.29 is 22.8 Å². The summed E-state index contributed by atoms with van der Waals surface area (Å²) in [6.07, 6.45) is -0.0274. The predicted octanol–water partition coefficient (Wildman–Crippen LogP) is 4.61. The summed E-state index contributed by atoms with van der Waals surface area (Å²) in [7, 11) is 1.98. The van der Waals surface area contributed by atoms with Gasteiger partial charge in [0.1, 0.15) is 5.82 Å². The zero-order valence-corrected chi connectivity index (χ0v) is 23.5. The van der Waals surface area contributed by atoms with Crippen LogP contribution in [0.25, 0.3) is 0 Å². The first-order chi connectivity index (χ1) is 19.5. The van der Waals surface area contributed by atoms with E-state index in [-0.39, 0.29) is 35.3 Å². The van der Waals surface area contributed by atoms with Gasteiger partial charge in [-0.2, -0.15) is 13.2 Å². The number of thiazole rings is 1. The lowest BCUT2D eigenvalue weighted by molar-refractivity contribution is -0.138. The Morgan fingerprint density at radius 3 is 2.51 bits per heavy atom. The number of carbonyl (C=O) groups is 2. The fourth-order valence-electron chi connectivity index (χ4n) is 4.35. The van der Waals surface area contributed by atoms with Crippen molar-refractivity contribution in [2.75, 3.05) is 43.9 Å². The van der Waals surface area contributed by atoms with E-state index in [2.05, 4.69) is 37.3 Å². The van der Waals surface area contributed by atoms with Crippen LogP contribution in [0, 0.1) is 24.7 Å². The van der Waals surface area contributed by atoms with E-state index in [0.717, 1.165) is 37.6 Å². The molecule has 1 aromatic carbocycles. The number of nitrogens with one attached hydrogen (secondary N) is 2. The molecule has 0 radical (unpaired) electrons. The molecule has 214 valence electrons. The second kappa shape index (κ2) is 12.0. The Balaban J connectivity index is 1.28. The van der Waals surface area contributed by atoms with Crippen molar-refractivity contribution in [3.63, 3.8) is 0 Å². The van der Waals surface area contributed by atoms with Crippen LogP contribution in [0.1, 0.15) is 50.3 Å². The van der Waals surface area contributed by atoms with Gasteiger partial charge in [0.05, 0.1) is 16.6 Å². The Labute approximate surface area is 240 Å². The van der Waals surface area contributed by atoms with Gasteiger partial charge in [0.15, 0.2) is 5.13 Å². The number of aryl methyl sites for hydroxylation is 1. The molecule has 1 saturated heterocycles. The first-order valence-electron chi connectivity index (χ1n) is 13.2. The average Bonchev–Trinajstić information content (AvgIpc) is 3.70. The van der Waals surface area contributed by atoms with Gasteiger partial charge in [-0.05, 0) is 62.1 Å². The van der Waals surface area contributed by atoms with Crippen molar-refractivity contribution >= 4 is 34.1 Å².